The maximum Gasteiger partial charge on any atom is 0.372 e. The standard InChI is InChI=1S/C14H16ClNO4/c1-8-10-5-9(7-16(2)3-4-17)6-11(15)13(10)20-12(8)14(18)19/h5-6,17H,3-4,7H2,1-2H3,(H,18,19). The van der Waals surface area contributed by atoms with Gasteiger partial charge in [0, 0.05) is 24.0 Å². The lowest BCUT2D eigenvalue weighted by Gasteiger charge is -2.15. The number of carboxylic acid groups (broad SMARTS) is 1. The number of aryl methyl sites for hydroxylation is 1. The van der Waals surface area contributed by atoms with Crippen molar-refractivity contribution in [1.29, 1.82) is 0 Å². The molecule has 2 N–H and O–H groups in total. The molecule has 0 atom stereocenters. The second-order valence-corrected chi connectivity index (χ2v) is 5.18. The molecule has 0 unspecified atom stereocenters. The van der Waals surface area contributed by atoms with Crippen LogP contribution in [0.1, 0.15) is 21.7 Å². The van der Waals surface area contributed by atoms with E-state index < -0.39 is 5.97 Å². The van der Waals surface area contributed by atoms with Gasteiger partial charge in [0.1, 0.15) is 0 Å². The second-order valence-electron chi connectivity index (χ2n) is 4.78. The highest BCUT2D eigenvalue weighted by Crippen LogP contribution is 2.32. The fraction of sp³-hybridized carbons (Fsp3) is 0.357. The van der Waals surface area contributed by atoms with Gasteiger partial charge in [0.25, 0.3) is 0 Å². The number of aliphatic hydroxyl groups is 1. The molecule has 2 aromatic rings. The Morgan fingerprint density at radius 3 is 2.75 bits per heavy atom. The summed E-state index contributed by atoms with van der Waals surface area (Å²) in [4.78, 5) is 13.0. The summed E-state index contributed by atoms with van der Waals surface area (Å²) in [5, 5.41) is 19.1. The van der Waals surface area contributed by atoms with Gasteiger partial charge in [-0.25, -0.2) is 4.79 Å². The second kappa shape index (κ2) is 5.83. The van der Waals surface area contributed by atoms with Gasteiger partial charge in [-0.15, -0.1) is 0 Å². The number of halogens is 1. The summed E-state index contributed by atoms with van der Waals surface area (Å²) in [6.07, 6.45) is 0. The average Bonchev–Trinajstić information content (AvgIpc) is 2.68. The summed E-state index contributed by atoms with van der Waals surface area (Å²) in [5.74, 6) is -1.18. The Hall–Kier alpha value is -1.56. The summed E-state index contributed by atoms with van der Waals surface area (Å²) in [7, 11) is 1.89. The third-order valence-corrected chi connectivity index (χ3v) is 3.46. The number of benzene rings is 1. The van der Waals surface area contributed by atoms with Crippen LogP contribution in [0.3, 0.4) is 0 Å². The Morgan fingerprint density at radius 2 is 2.15 bits per heavy atom. The molecular weight excluding hydrogens is 282 g/mol. The SMILES string of the molecule is Cc1c(C(=O)O)oc2c(Cl)cc(CN(C)CCO)cc12. The van der Waals surface area contributed by atoms with E-state index >= 15 is 0 Å². The molecule has 0 radical (unpaired) electrons. The molecule has 0 bridgehead atoms. The van der Waals surface area contributed by atoms with Crippen molar-refractivity contribution < 1.29 is 19.4 Å². The van der Waals surface area contributed by atoms with Crippen LogP contribution < -0.4 is 0 Å². The predicted molar refractivity (Wildman–Crippen MR) is 76.3 cm³/mol. The highest BCUT2D eigenvalue weighted by atomic mass is 35.5. The zero-order chi connectivity index (χ0) is 14.9. The van der Waals surface area contributed by atoms with E-state index in [1.54, 1.807) is 13.0 Å². The summed E-state index contributed by atoms with van der Waals surface area (Å²) < 4.78 is 5.31. The first-order valence-electron chi connectivity index (χ1n) is 6.18. The number of furan rings is 1. The van der Waals surface area contributed by atoms with Gasteiger partial charge in [-0.05, 0) is 31.7 Å². The highest BCUT2D eigenvalue weighted by Gasteiger charge is 2.19. The molecule has 0 aliphatic carbocycles. The third kappa shape index (κ3) is 2.80. The molecule has 108 valence electrons. The Morgan fingerprint density at radius 1 is 1.45 bits per heavy atom. The molecule has 6 heteroatoms. The molecule has 0 aliphatic heterocycles. The van der Waals surface area contributed by atoms with Gasteiger partial charge < -0.3 is 14.6 Å². The van der Waals surface area contributed by atoms with Crippen molar-refractivity contribution in [2.24, 2.45) is 0 Å². The largest absolute Gasteiger partial charge is 0.475 e. The first-order valence-corrected chi connectivity index (χ1v) is 6.56. The molecule has 0 spiro atoms. The number of hydrogen-bond acceptors (Lipinski definition) is 4. The smallest absolute Gasteiger partial charge is 0.372 e. The summed E-state index contributed by atoms with van der Waals surface area (Å²) in [6.45, 7) is 2.96. The van der Waals surface area contributed by atoms with Crippen LogP contribution in [0, 0.1) is 6.92 Å². The maximum atomic E-state index is 11.1. The molecule has 0 amide bonds. The van der Waals surface area contributed by atoms with Crippen LogP contribution >= 0.6 is 11.6 Å². The first-order chi connectivity index (χ1) is 9.43. The third-order valence-electron chi connectivity index (χ3n) is 3.18. The molecule has 0 saturated carbocycles. The van der Waals surface area contributed by atoms with Gasteiger partial charge in [0.05, 0.1) is 11.6 Å². The van der Waals surface area contributed by atoms with Crippen molar-refractivity contribution >= 4 is 28.5 Å². The van der Waals surface area contributed by atoms with Gasteiger partial charge in [-0.2, -0.15) is 0 Å². The van der Waals surface area contributed by atoms with Crippen molar-refractivity contribution in [2.75, 3.05) is 20.2 Å². The number of carboxylic acids is 1. The molecule has 1 heterocycles. The van der Waals surface area contributed by atoms with E-state index in [0.717, 1.165) is 5.56 Å². The fourth-order valence-corrected chi connectivity index (χ4v) is 2.47. The monoisotopic (exact) mass is 297 g/mol. The first kappa shape index (κ1) is 14.8. The zero-order valence-corrected chi connectivity index (χ0v) is 12.1. The van der Waals surface area contributed by atoms with E-state index in [9.17, 15) is 4.79 Å². The number of hydrogen-bond donors (Lipinski definition) is 2. The Kier molecular flexibility index (Phi) is 4.32. The summed E-state index contributed by atoms with van der Waals surface area (Å²) in [5.41, 5.74) is 1.91. The van der Waals surface area contributed by atoms with Crippen molar-refractivity contribution in [2.45, 2.75) is 13.5 Å². The van der Waals surface area contributed by atoms with Crippen LogP contribution in [-0.4, -0.2) is 41.3 Å². The number of rotatable bonds is 5. The topological polar surface area (TPSA) is 73.9 Å². The van der Waals surface area contributed by atoms with Crippen molar-refractivity contribution in [3.8, 4) is 0 Å². The minimum Gasteiger partial charge on any atom is -0.475 e. The molecule has 0 saturated heterocycles. The van der Waals surface area contributed by atoms with E-state index in [0.29, 0.717) is 34.6 Å². The van der Waals surface area contributed by atoms with Gasteiger partial charge in [-0.3, -0.25) is 4.90 Å². The Balaban J connectivity index is 2.45. The fourth-order valence-electron chi connectivity index (χ4n) is 2.19. The van der Waals surface area contributed by atoms with Crippen LogP contribution in [0.15, 0.2) is 16.5 Å². The minimum absolute atomic E-state index is 0.0808. The van der Waals surface area contributed by atoms with Gasteiger partial charge >= 0.3 is 5.97 Å². The highest BCUT2D eigenvalue weighted by molar-refractivity contribution is 6.35. The number of aromatic carboxylic acids is 1. The van der Waals surface area contributed by atoms with E-state index in [1.807, 2.05) is 18.0 Å². The van der Waals surface area contributed by atoms with Crippen LogP contribution in [0.5, 0.6) is 0 Å². The molecule has 2 rings (SSSR count). The van der Waals surface area contributed by atoms with Crippen LogP contribution in [0.25, 0.3) is 11.0 Å². The minimum atomic E-state index is -1.10. The van der Waals surface area contributed by atoms with E-state index in [1.165, 1.54) is 0 Å². The normalized spacial score (nSPS) is 11.4. The summed E-state index contributed by atoms with van der Waals surface area (Å²) in [6, 6.07) is 3.63. The number of carbonyl (C=O) groups is 1. The molecule has 0 aliphatic rings. The quantitative estimate of drug-likeness (QED) is 0.887. The van der Waals surface area contributed by atoms with Crippen LogP contribution in [0.4, 0.5) is 0 Å². The lowest BCUT2D eigenvalue weighted by Crippen LogP contribution is -2.21. The van der Waals surface area contributed by atoms with E-state index in [2.05, 4.69) is 0 Å². The average molecular weight is 298 g/mol. The molecule has 1 aromatic heterocycles. The summed E-state index contributed by atoms with van der Waals surface area (Å²) >= 11 is 6.16. The predicted octanol–water partition coefficient (Wildman–Crippen LogP) is 2.52. The van der Waals surface area contributed by atoms with Crippen molar-refractivity contribution in [3.05, 3.63) is 34.0 Å². The van der Waals surface area contributed by atoms with Gasteiger partial charge in [0.15, 0.2) is 5.58 Å². The maximum absolute atomic E-state index is 11.1. The Bertz CT molecular complexity index is 650. The molecular formula is C14H16ClNO4. The molecule has 20 heavy (non-hydrogen) atoms. The van der Waals surface area contributed by atoms with Crippen molar-refractivity contribution in [3.63, 3.8) is 0 Å². The Labute approximate surface area is 121 Å². The molecule has 0 fully saturated rings. The molecule has 5 nitrogen and oxygen atoms in total. The van der Waals surface area contributed by atoms with Gasteiger partial charge in [0.2, 0.25) is 5.76 Å². The number of aliphatic hydroxyl groups excluding tert-OH is 1. The molecule has 1 aromatic carbocycles. The number of nitrogens with zero attached hydrogens (tertiary/aromatic N) is 1. The van der Waals surface area contributed by atoms with Crippen LogP contribution in [-0.2, 0) is 6.54 Å². The van der Waals surface area contributed by atoms with Crippen molar-refractivity contribution in [1.82, 2.24) is 4.90 Å². The van der Waals surface area contributed by atoms with E-state index in [4.69, 9.17) is 26.2 Å². The number of fused-ring (bicyclic) bond motifs is 1. The van der Waals surface area contributed by atoms with E-state index in [-0.39, 0.29) is 12.4 Å². The number of likely N-dealkylation sites (N-methyl/N-ethyl adjacent to an activating group) is 1. The zero-order valence-electron chi connectivity index (χ0n) is 11.3. The van der Waals surface area contributed by atoms with Crippen LogP contribution in [0.2, 0.25) is 5.02 Å². The lowest BCUT2D eigenvalue weighted by atomic mass is 10.1. The van der Waals surface area contributed by atoms with Gasteiger partial charge in [-0.1, -0.05) is 11.6 Å². The lowest BCUT2D eigenvalue weighted by molar-refractivity contribution is 0.0664.